The predicted molar refractivity (Wildman–Crippen MR) is 44.0 cm³/mol. The molecular weight excluding hydrogens is 128 g/mol. The normalized spacial score (nSPS) is 9.40. The van der Waals surface area contributed by atoms with E-state index in [1.54, 1.807) is 6.92 Å². The Morgan fingerprint density at radius 2 is 1.90 bits per heavy atom. The molecule has 3 heteroatoms. The molecule has 0 aromatic heterocycles. The number of rotatable bonds is 2. The van der Waals surface area contributed by atoms with Gasteiger partial charge in [0, 0.05) is 6.08 Å². The van der Waals surface area contributed by atoms with Gasteiger partial charge in [0.2, 0.25) is 0 Å². The molecule has 0 aliphatic rings. The summed E-state index contributed by atoms with van der Waals surface area (Å²) >= 11 is 0. The van der Waals surface area contributed by atoms with E-state index in [0.717, 1.165) is 0 Å². The number of methoxy groups -OCH3 is 1. The molecule has 0 heterocycles. The number of allylic oxidation sites excluding steroid dienone is 1. The minimum absolute atomic E-state index is 0.0179. The highest BCUT2D eigenvalue weighted by Gasteiger charge is 1.83. The highest BCUT2D eigenvalue weighted by Crippen LogP contribution is 1.88. The van der Waals surface area contributed by atoms with Gasteiger partial charge >= 0.3 is 0 Å². The first kappa shape index (κ1) is 11.8. The van der Waals surface area contributed by atoms with Crippen LogP contribution in [0.25, 0.3) is 0 Å². The standard InChI is InChI=1S/C5H10N2O.C2H6/c1-4(8-2)3-5(6)7;1-2/h3H,1-2H3,(H3,6,7);1-2H3/b4-3+;. The number of ether oxygens (including phenoxy) is 1. The number of amidine groups is 1. The van der Waals surface area contributed by atoms with E-state index in [9.17, 15) is 0 Å². The fraction of sp³-hybridized carbons (Fsp3) is 0.571. The molecule has 0 spiro atoms. The third kappa shape index (κ3) is 10.1. The lowest BCUT2D eigenvalue weighted by Crippen LogP contribution is -2.05. The van der Waals surface area contributed by atoms with E-state index < -0.39 is 0 Å². The molecule has 3 N–H and O–H groups in total. The van der Waals surface area contributed by atoms with Crippen molar-refractivity contribution in [3.8, 4) is 0 Å². The molecule has 0 aromatic carbocycles. The van der Waals surface area contributed by atoms with Crippen molar-refractivity contribution in [1.82, 2.24) is 0 Å². The van der Waals surface area contributed by atoms with Crippen molar-refractivity contribution in [2.75, 3.05) is 7.11 Å². The van der Waals surface area contributed by atoms with Gasteiger partial charge in [-0.15, -0.1) is 0 Å². The summed E-state index contributed by atoms with van der Waals surface area (Å²) in [5, 5.41) is 6.75. The van der Waals surface area contributed by atoms with Crippen LogP contribution in [-0.4, -0.2) is 12.9 Å². The summed E-state index contributed by atoms with van der Waals surface area (Å²) in [4.78, 5) is 0. The Morgan fingerprint density at radius 1 is 1.50 bits per heavy atom. The van der Waals surface area contributed by atoms with Crippen LogP contribution >= 0.6 is 0 Å². The van der Waals surface area contributed by atoms with Gasteiger partial charge in [0.05, 0.1) is 12.9 Å². The van der Waals surface area contributed by atoms with E-state index in [1.807, 2.05) is 13.8 Å². The second-order valence-corrected chi connectivity index (χ2v) is 1.41. The maximum atomic E-state index is 6.75. The van der Waals surface area contributed by atoms with Crippen molar-refractivity contribution in [1.29, 1.82) is 5.41 Å². The van der Waals surface area contributed by atoms with Crippen molar-refractivity contribution in [2.45, 2.75) is 20.8 Å². The third-order valence-corrected chi connectivity index (χ3v) is 0.681. The highest BCUT2D eigenvalue weighted by molar-refractivity contribution is 5.88. The molecule has 10 heavy (non-hydrogen) atoms. The molecule has 0 bridgehead atoms. The zero-order valence-corrected chi connectivity index (χ0v) is 7.06. The minimum atomic E-state index is 0.0179. The first-order chi connectivity index (χ1) is 4.66. The van der Waals surface area contributed by atoms with Crippen LogP contribution in [0.15, 0.2) is 11.8 Å². The van der Waals surface area contributed by atoms with Gasteiger partial charge in [-0.3, -0.25) is 5.41 Å². The summed E-state index contributed by atoms with van der Waals surface area (Å²) in [5.74, 6) is 0.668. The molecule has 3 nitrogen and oxygen atoms in total. The van der Waals surface area contributed by atoms with Gasteiger partial charge in [-0.1, -0.05) is 13.8 Å². The zero-order valence-electron chi connectivity index (χ0n) is 7.06. The molecule has 0 saturated carbocycles. The largest absolute Gasteiger partial charge is 0.501 e. The number of hydrogen-bond donors (Lipinski definition) is 2. The molecule has 0 amide bonds. The van der Waals surface area contributed by atoms with Crippen LogP contribution in [0.1, 0.15) is 20.8 Å². The van der Waals surface area contributed by atoms with Crippen molar-refractivity contribution in [2.24, 2.45) is 5.73 Å². The minimum Gasteiger partial charge on any atom is -0.501 e. The van der Waals surface area contributed by atoms with Crippen LogP contribution in [0.2, 0.25) is 0 Å². The Bertz CT molecular complexity index is 119. The van der Waals surface area contributed by atoms with Crippen LogP contribution in [0.5, 0.6) is 0 Å². The molecule has 0 aliphatic carbocycles. The number of hydrogen-bond acceptors (Lipinski definition) is 2. The maximum Gasteiger partial charge on any atom is 0.118 e. The molecule has 0 atom stereocenters. The van der Waals surface area contributed by atoms with E-state index in [4.69, 9.17) is 15.9 Å². The van der Waals surface area contributed by atoms with Gasteiger partial charge in [0.1, 0.15) is 5.84 Å². The topological polar surface area (TPSA) is 59.1 Å². The third-order valence-electron chi connectivity index (χ3n) is 0.681. The Hall–Kier alpha value is -0.990. The van der Waals surface area contributed by atoms with Gasteiger partial charge in [-0.05, 0) is 6.92 Å². The lowest BCUT2D eigenvalue weighted by atomic mass is 10.4. The second kappa shape index (κ2) is 8.01. The molecule has 0 saturated heterocycles. The summed E-state index contributed by atoms with van der Waals surface area (Å²) in [6.07, 6.45) is 1.44. The Balaban J connectivity index is 0. The average molecular weight is 144 g/mol. The second-order valence-electron chi connectivity index (χ2n) is 1.41. The van der Waals surface area contributed by atoms with Crippen LogP contribution < -0.4 is 5.73 Å². The summed E-state index contributed by atoms with van der Waals surface area (Å²) in [5.41, 5.74) is 5.00. The number of nitrogens with two attached hydrogens (primary N) is 1. The Labute approximate surface area is 62.4 Å². The first-order valence-corrected chi connectivity index (χ1v) is 3.23. The van der Waals surface area contributed by atoms with Crippen molar-refractivity contribution < 1.29 is 4.74 Å². The SMILES string of the molecule is CC.CO/C(C)=C/C(=N)N. The fourth-order valence-corrected chi connectivity index (χ4v) is 0.278. The van der Waals surface area contributed by atoms with E-state index in [0.29, 0.717) is 5.76 Å². The molecule has 0 fully saturated rings. The summed E-state index contributed by atoms with van der Waals surface area (Å²) in [6, 6.07) is 0. The van der Waals surface area contributed by atoms with Crippen molar-refractivity contribution in [3.05, 3.63) is 11.8 Å². The van der Waals surface area contributed by atoms with Gasteiger partial charge in [-0.25, -0.2) is 0 Å². The van der Waals surface area contributed by atoms with Crippen LogP contribution in [0.3, 0.4) is 0 Å². The quantitative estimate of drug-likeness (QED) is 0.350. The van der Waals surface area contributed by atoms with E-state index in [2.05, 4.69) is 0 Å². The van der Waals surface area contributed by atoms with Crippen LogP contribution in [0.4, 0.5) is 0 Å². The molecule has 0 aromatic rings. The predicted octanol–water partition coefficient (Wildman–Crippen LogP) is 1.50. The molecule has 0 aliphatic heterocycles. The van der Waals surface area contributed by atoms with E-state index in [-0.39, 0.29) is 5.84 Å². The molecule has 0 rings (SSSR count). The molecule has 0 radical (unpaired) electrons. The fourth-order valence-electron chi connectivity index (χ4n) is 0.278. The van der Waals surface area contributed by atoms with Crippen LogP contribution in [0, 0.1) is 5.41 Å². The van der Waals surface area contributed by atoms with E-state index in [1.165, 1.54) is 13.2 Å². The van der Waals surface area contributed by atoms with Gasteiger partial charge < -0.3 is 10.5 Å². The monoisotopic (exact) mass is 144 g/mol. The lowest BCUT2D eigenvalue weighted by Gasteiger charge is -1.94. The Kier molecular flexibility index (Phi) is 9.42. The molecule has 60 valence electrons. The maximum absolute atomic E-state index is 6.75. The molecular formula is C7H16N2O. The van der Waals surface area contributed by atoms with Gasteiger partial charge in [-0.2, -0.15) is 0 Å². The lowest BCUT2D eigenvalue weighted by molar-refractivity contribution is 0.294. The van der Waals surface area contributed by atoms with E-state index >= 15 is 0 Å². The van der Waals surface area contributed by atoms with Gasteiger partial charge in [0.15, 0.2) is 0 Å². The summed E-state index contributed by atoms with van der Waals surface area (Å²) < 4.78 is 4.70. The Morgan fingerprint density at radius 3 is 2.00 bits per heavy atom. The average Bonchev–Trinajstić information content (AvgIpc) is 1.91. The summed E-state index contributed by atoms with van der Waals surface area (Å²) in [6.45, 7) is 5.74. The highest BCUT2D eigenvalue weighted by atomic mass is 16.5. The van der Waals surface area contributed by atoms with Crippen LogP contribution in [-0.2, 0) is 4.74 Å². The van der Waals surface area contributed by atoms with Crippen molar-refractivity contribution >= 4 is 5.84 Å². The number of nitrogens with one attached hydrogen (secondary N) is 1. The first-order valence-electron chi connectivity index (χ1n) is 3.23. The zero-order chi connectivity index (χ0) is 8.57. The summed E-state index contributed by atoms with van der Waals surface area (Å²) in [7, 11) is 1.54. The van der Waals surface area contributed by atoms with Crippen molar-refractivity contribution in [3.63, 3.8) is 0 Å². The van der Waals surface area contributed by atoms with Gasteiger partial charge in [0.25, 0.3) is 0 Å². The molecule has 0 unspecified atom stereocenters. The smallest absolute Gasteiger partial charge is 0.118 e.